The van der Waals surface area contributed by atoms with Crippen LogP contribution in [0, 0.1) is 11.8 Å². The molecule has 138 valence electrons. The van der Waals surface area contributed by atoms with Crippen LogP contribution in [0.1, 0.15) is 44.1 Å². The SMILES string of the molecule is CC1CCCCC1N(C)C(=O)CN1C[C@@H](CN)[C@H](c2ccccc2)C1. The molecule has 1 saturated heterocycles. The standard InChI is InChI=1S/C21H33N3O/c1-16-8-6-7-11-20(16)23(2)21(25)15-24-13-18(12-22)19(14-24)17-9-4-3-5-10-17/h3-5,9-10,16,18-20H,6-8,11-15,22H2,1-2H3/t16?,18-,19+,20?/m1/s1. The van der Waals surface area contributed by atoms with Crippen molar-refractivity contribution in [2.24, 2.45) is 17.6 Å². The normalized spacial score (nSPS) is 30.4. The molecule has 1 aliphatic carbocycles. The van der Waals surface area contributed by atoms with Crippen LogP contribution in [0.5, 0.6) is 0 Å². The van der Waals surface area contributed by atoms with Crippen LogP contribution in [0.2, 0.25) is 0 Å². The van der Waals surface area contributed by atoms with Crippen molar-refractivity contribution in [2.45, 2.75) is 44.6 Å². The molecule has 4 heteroatoms. The Balaban J connectivity index is 1.60. The molecule has 4 nitrogen and oxygen atoms in total. The van der Waals surface area contributed by atoms with E-state index >= 15 is 0 Å². The van der Waals surface area contributed by atoms with Gasteiger partial charge in [0.1, 0.15) is 0 Å². The topological polar surface area (TPSA) is 49.6 Å². The lowest BCUT2D eigenvalue weighted by Crippen LogP contribution is -2.46. The Kier molecular flexibility index (Phi) is 6.13. The second kappa shape index (κ2) is 8.33. The summed E-state index contributed by atoms with van der Waals surface area (Å²) in [6.45, 7) is 5.36. The van der Waals surface area contributed by atoms with Crippen LogP contribution in [-0.4, -0.2) is 55.0 Å². The smallest absolute Gasteiger partial charge is 0.236 e. The average molecular weight is 344 g/mol. The monoisotopic (exact) mass is 343 g/mol. The van der Waals surface area contributed by atoms with Crippen molar-refractivity contribution in [3.63, 3.8) is 0 Å². The molecule has 1 aromatic carbocycles. The van der Waals surface area contributed by atoms with Gasteiger partial charge in [-0.1, -0.05) is 50.1 Å². The Bertz CT molecular complexity index is 562. The minimum atomic E-state index is 0.267. The summed E-state index contributed by atoms with van der Waals surface area (Å²) < 4.78 is 0. The molecule has 1 aliphatic heterocycles. The summed E-state index contributed by atoms with van der Waals surface area (Å²) in [5, 5.41) is 0. The minimum Gasteiger partial charge on any atom is -0.341 e. The van der Waals surface area contributed by atoms with Gasteiger partial charge in [0.2, 0.25) is 5.91 Å². The fourth-order valence-corrected chi connectivity index (χ4v) is 4.77. The number of carbonyl (C=O) groups excluding carboxylic acids is 1. The fourth-order valence-electron chi connectivity index (χ4n) is 4.77. The molecule has 1 saturated carbocycles. The van der Waals surface area contributed by atoms with Gasteiger partial charge in [-0.3, -0.25) is 9.69 Å². The van der Waals surface area contributed by atoms with E-state index in [1.54, 1.807) is 0 Å². The van der Waals surface area contributed by atoms with Gasteiger partial charge in [0.15, 0.2) is 0 Å². The van der Waals surface area contributed by atoms with E-state index in [4.69, 9.17) is 5.73 Å². The molecule has 2 N–H and O–H groups in total. The Morgan fingerprint density at radius 2 is 1.92 bits per heavy atom. The highest BCUT2D eigenvalue weighted by molar-refractivity contribution is 5.78. The first-order chi connectivity index (χ1) is 12.1. The number of rotatable bonds is 5. The molecular weight excluding hydrogens is 310 g/mol. The van der Waals surface area contributed by atoms with Crippen LogP contribution in [0.25, 0.3) is 0 Å². The molecule has 4 atom stereocenters. The van der Waals surface area contributed by atoms with Crippen LogP contribution in [0.4, 0.5) is 0 Å². The van der Waals surface area contributed by atoms with Crippen LogP contribution in [0.3, 0.4) is 0 Å². The Labute approximate surface area is 152 Å². The third kappa shape index (κ3) is 4.24. The summed E-state index contributed by atoms with van der Waals surface area (Å²) in [7, 11) is 2.00. The van der Waals surface area contributed by atoms with Crippen LogP contribution >= 0.6 is 0 Å². The second-order valence-corrected chi connectivity index (χ2v) is 8.04. The first-order valence-corrected chi connectivity index (χ1v) is 9.83. The van der Waals surface area contributed by atoms with Crippen molar-refractivity contribution in [2.75, 3.05) is 33.2 Å². The third-order valence-corrected chi connectivity index (χ3v) is 6.36. The molecule has 1 amide bonds. The number of nitrogens with two attached hydrogens (primary N) is 1. The summed E-state index contributed by atoms with van der Waals surface area (Å²) >= 11 is 0. The maximum atomic E-state index is 12.8. The molecule has 0 radical (unpaired) electrons. The van der Waals surface area contributed by atoms with Gasteiger partial charge in [-0.05, 0) is 36.8 Å². The minimum absolute atomic E-state index is 0.267. The summed E-state index contributed by atoms with van der Waals surface area (Å²) in [5.74, 6) is 1.77. The third-order valence-electron chi connectivity index (χ3n) is 6.36. The van der Waals surface area contributed by atoms with E-state index in [0.717, 1.165) is 19.5 Å². The van der Waals surface area contributed by atoms with Crippen LogP contribution in [-0.2, 0) is 4.79 Å². The quantitative estimate of drug-likeness (QED) is 0.894. The van der Waals surface area contributed by atoms with Gasteiger partial charge in [-0.15, -0.1) is 0 Å². The number of hydrogen-bond donors (Lipinski definition) is 1. The first kappa shape index (κ1) is 18.4. The van der Waals surface area contributed by atoms with Crippen molar-refractivity contribution in [1.82, 2.24) is 9.80 Å². The Morgan fingerprint density at radius 1 is 1.20 bits per heavy atom. The van der Waals surface area contributed by atoms with E-state index in [0.29, 0.717) is 36.9 Å². The highest BCUT2D eigenvalue weighted by Gasteiger charge is 2.35. The molecule has 0 spiro atoms. The number of benzene rings is 1. The lowest BCUT2D eigenvalue weighted by atomic mass is 9.85. The van der Waals surface area contributed by atoms with E-state index < -0.39 is 0 Å². The molecule has 0 aromatic heterocycles. The highest BCUT2D eigenvalue weighted by atomic mass is 16.2. The van der Waals surface area contributed by atoms with Gasteiger partial charge in [0.25, 0.3) is 0 Å². The van der Waals surface area contributed by atoms with Gasteiger partial charge in [0.05, 0.1) is 6.54 Å². The molecule has 3 rings (SSSR count). The summed E-state index contributed by atoms with van der Waals surface area (Å²) in [5.41, 5.74) is 7.38. The van der Waals surface area contributed by atoms with Gasteiger partial charge in [-0.25, -0.2) is 0 Å². The van der Waals surface area contributed by atoms with Gasteiger partial charge >= 0.3 is 0 Å². The molecule has 25 heavy (non-hydrogen) atoms. The number of likely N-dealkylation sites (tertiary alicyclic amines) is 1. The van der Waals surface area contributed by atoms with E-state index in [2.05, 4.69) is 42.2 Å². The summed E-state index contributed by atoms with van der Waals surface area (Å²) in [6.07, 6.45) is 4.96. The second-order valence-electron chi connectivity index (χ2n) is 8.04. The zero-order chi connectivity index (χ0) is 17.8. The number of hydrogen-bond acceptors (Lipinski definition) is 3. The molecule has 0 bridgehead atoms. The molecule has 2 unspecified atom stereocenters. The van der Waals surface area contributed by atoms with Crippen molar-refractivity contribution in [3.05, 3.63) is 35.9 Å². The van der Waals surface area contributed by atoms with Crippen molar-refractivity contribution in [1.29, 1.82) is 0 Å². The average Bonchev–Trinajstić information content (AvgIpc) is 3.05. The first-order valence-electron chi connectivity index (χ1n) is 9.83. The summed E-state index contributed by atoms with van der Waals surface area (Å²) in [6, 6.07) is 11.0. The summed E-state index contributed by atoms with van der Waals surface area (Å²) in [4.78, 5) is 17.2. The zero-order valence-corrected chi connectivity index (χ0v) is 15.7. The van der Waals surface area contributed by atoms with Gasteiger partial charge in [-0.2, -0.15) is 0 Å². The molecule has 1 aromatic rings. The van der Waals surface area contributed by atoms with Crippen molar-refractivity contribution in [3.8, 4) is 0 Å². The van der Waals surface area contributed by atoms with Crippen LogP contribution in [0.15, 0.2) is 30.3 Å². The van der Waals surface area contributed by atoms with E-state index in [-0.39, 0.29) is 5.91 Å². The predicted molar refractivity (Wildman–Crippen MR) is 102 cm³/mol. The number of carbonyl (C=O) groups is 1. The number of nitrogens with zero attached hydrogens (tertiary/aromatic N) is 2. The van der Waals surface area contributed by atoms with Gasteiger partial charge < -0.3 is 10.6 Å². The lowest BCUT2D eigenvalue weighted by Gasteiger charge is -2.37. The Hall–Kier alpha value is -1.39. The maximum absolute atomic E-state index is 12.8. The predicted octanol–water partition coefficient (Wildman–Crippen LogP) is 2.70. The van der Waals surface area contributed by atoms with Crippen molar-refractivity contribution >= 4 is 5.91 Å². The molecule has 1 heterocycles. The molecule has 2 fully saturated rings. The van der Waals surface area contributed by atoms with Crippen LogP contribution < -0.4 is 5.73 Å². The molecular formula is C21H33N3O. The highest BCUT2D eigenvalue weighted by Crippen LogP contribution is 2.32. The number of likely N-dealkylation sites (N-methyl/N-ethyl adjacent to an activating group) is 1. The number of amides is 1. The Morgan fingerprint density at radius 3 is 2.60 bits per heavy atom. The van der Waals surface area contributed by atoms with E-state index in [1.807, 2.05) is 11.9 Å². The lowest BCUT2D eigenvalue weighted by molar-refractivity contribution is -0.134. The maximum Gasteiger partial charge on any atom is 0.236 e. The zero-order valence-electron chi connectivity index (χ0n) is 15.7. The van der Waals surface area contributed by atoms with Crippen molar-refractivity contribution < 1.29 is 4.79 Å². The molecule has 2 aliphatic rings. The van der Waals surface area contributed by atoms with Gasteiger partial charge in [0, 0.05) is 32.1 Å². The largest absolute Gasteiger partial charge is 0.341 e. The fraction of sp³-hybridized carbons (Fsp3) is 0.667. The van der Waals surface area contributed by atoms with E-state index in [9.17, 15) is 4.79 Å². The van der Waals surface area contributed by atoms with E-state index in [1.165, 1.54) is 24.8 Å².